The second kappa shape index (κ2) is 8.07. The molecule has 0 spiro atoms. The van der Waals surface area contributed by atoms with Gasteiger partial charge in [-0.1, -0.05) is 59.7 Å². The molecule has 0 heterocycles. The molecule has 0 saturated carbocycles. The van der Waals surface area contributed by atoms with Gasteiger partial charge in [-0.3, -0.25) is 4.79 Å². The fourth-order valence-electron chi connectivity index (χ4n) is 2.36. The molecule has 3 N–H and O–H groups in total. The largest absolute Gasteiger partial charge is 0.480 e. The maximum absolute atomic E-state index is 11.0. The van der Waals surface area contributed by atoms with Crippen LogP contribution >= 0.6 is 46.4 Å². The molecular weight excluding hydrogens is 368 g/mol. The summed E-state index contributed by atoms with van der Waals surface area (Å²) in [7, 11) is 0. The van der Waals surface area contributed by atoms with Gasteiger partial charge in [0.25, 0.3) is 0 Å². The quantitative estimate of drug-likeness (QED) is 0.483. The number of halogens is 4. The van der Waals surface area contributed by atoms with Crippen LogP contribution in [0.3, 0.4) is 0 Å². The fourth-order valence-corrected chi connectivity index (χ4v) is 3.30. The van der Waals surface area contributed by atoms with Crippen LogP contribution in [0.25, 0.3) is 0 Å². The molecule has 3 nitrogen and oxygen atoms in total. The van der Waals surface area contributed by atoms with Crippen LogP contribution in [-0.4, -0.2) is 16.6 Å². The number of aryl methyl sites for hydroxylation is 1. The minimum Gasteiger partial charge on any atom is -0.480 e. The summed E-state index contributed by atoms with van der Waals surface area (Å²) in [5.41, 5.74) is 5.38. The number of carboxylic acids is 1. The molecule has 0 radical (unpaired) electrons. The standard InChI is InChI=1S/C15H19Cl4NO2/c1-8(7-15(2,20)14(21)22)4-3-5-9-6-10(16)12(18)13(19)11(9)17/h6,8H,3-5,7,20H2,1-2H3,(H,21,22). The zero-order chi connectivity index (χ0) is 17.1. The van der Waals surface area contributed by atoms with Gasteiger partial charge >= 0.3 is 5.97 Å². The lowest BCUT2D eigenvalue weighted by Crippen LogP contribution is -2.46. The third-order valence-corrected chi connectivity index (χ3v) is 5.37. The van der Waals surface area contributed by atoms with Crippen molar-refractivity contribution < 1.29 is 9.90 Å². The molecule has 0 aliphatic rings. The molecule has 0 aromatic heterocycles. The maximum Gasteiger partial charge on any atom is 0.323 e. The number of carbonyl (C=O) groups is 1. The molecule has 0 amide bonds. The predicted octanol–water partition coefficient (Wildman–Crippen LogP) is 5.45. The molecule has 7 heteroatoms. The van der Waals surface area contributed by atoms with Crippen LogP contribution in [0.1, 0.15) is 38.7 Å². The minimum absolute atomic E-state index is 0.183. The lowest BCUT2D eigenvalue weighted by Gasteiger charge is -2.23. The van der Waals surface area contributed by atoms with E-state index in [2.05, 4.69) is 0 Å². The van der Waals surface area contributed by atoms with Crippen LogP contribution in [0, 0.1) is 5.92 Å². The van der Waals surface area contributed by atoms with E-state index in [4.69, 9.17) is 57.2 Å². The van der Waals surface area contributed by atoms with Crippen molar-refractivity contribution in [3.8, 4) is 0 Å². The maximum atomic E-state index is 11.0. The smallest absolute Gasteiger partial charge is 0.323 e. The van der Waals surface area contributed by atoms with E-state index in [1.54, 1.807) is 6.07 Å². The van der Waals surface area contributed by atoms with Gasteiger partial charge in [0, 0.05) is 0 Å². The van der Waals surface area contributed by atoms with Crippen LogP contribution in [0.2, 0.25) is 20.1 Å². The topological polar surface area (TPSA) is 63.3 Å². The number of nitrogens with two attached hydrogens (primary N) is 1. The van der Waals surface area contributed by atoms with Crippen molar-refractivity contribution in [1.29, 1.82) is 0 Å². The summed E-state index contributed by atoms with van der Waals surface area (Å²) in [6.07, 6.45) is 2.76. The molecule has 0 fully saturated rings. The van der Waals surface area contributed by atoms with E-state index in [9.17, 15) is 4.79 Å². The molecule has 1 aromatic rings. The van der Waals surface area contributed by atoms with Crippen LogP contribution in [-0.2, 0) is 11.2 Å². The first-order valence-electron chi connectivity index (χ1n) is 6.90. The lowest BCUT2D eigenvalue weighted by molar-refractivity contribution is -0.143. The van der Waals surface area contributed by atoms with E-state index < -0.39 is 11.5 Å². The summed E-state index contributed by atoms with van der Waals surface area (Å²) in [4.78, 5) is 11.0. The summed E-state index contributed by atoms with van der Waals surface area (Å²) in [5, 5.41) is 10.3. The fraction of sp³-hybridized carbons (Fsp3) is 0.533. The van der Waals surface area contributed by atoms with Crippen LogP contribution in [0.15, 0.2) is 6.07 Å². The zero-order valence-electron chi connectivity index (χ0n) is 12.4. The average Bonchev–Trinajstić information content (AvgIpc) is 2.41. The first-order chi connectivity index (χ1) is 10.1. The molecule has 0 saturated heterocycles. The summed E-state index contributed by atoms with van der Waals surface area (Å²) in [6, 6.07) is 1.72. The van der Waals surface area contributed by atoms with E-state index in [0.717, 1.165) is 18.4 Å². The van der Waals surface area contributed by atoms with E-state index in [1.807, 2.05) is 6.92 Å². The Morgan fingerprint density at radius 2 is 1.86 bits per heavy atom. The van der Waals surface area contributed by atoms with Crippen molar-refractivity contribution in [2.75, 3.05) is 0 Å². The Morgan fingerprint density at radius 3 is 2.41 bits per heavy atom. The highest BCUT2D eigenvalue weighted by Gasteiger charge is 2.29. The lowest BCUT2D eigenvalue weighted by atomic mass is 9.87. The number of hydrogen-bond acceptors (Lipinski definition) is 2. The number of aliphatic carboxylic acids is 1. The van der Waals surface area contributed by atoms with Gasteiger partial charge in [0.1, 0.15) is 5.54 Å². The summed E-state index contributed by atoms with van der Waals surface area (Å²) in [6.45, 7) is 3.51. The highest BCUT2D eigenvalue weighted by Crippen LogP contribution is 2.38. The molecule has 0 bridgehead atoms. The van der Waals surface area contributed by atoms with Crippen molar-refractivity contribution in [1.82, 2.24) is 0 Å². The first kappa shape index (κ1) is 19.9. The molecule has 2 atom stereocenters. The predicted molar refractivity (Wildman–Crippen MR) is 93.4 cm³/mol. The summed E-state index contributed by atoms with van der Waals surface area (Å²) < 4.78 is 0. The Hall–Kier alpha value is -0.190. The third-order valence-electron chi connectivity index (χ3n) is 3.58. The summed E-state index contributed by atoms with van der Waals surface area (Å²) in [5.74, 6) is -0.804. The van der Waals surface area contributed by atoms with E-state index in [0.29, 0.717) is 22.9 Å². The van der Waals surface area contributed by atoms with Crippen LogP contribution in [0.4, 0.5) is 0 Å². The van der Waals surface area contributed by atoms with E-state index in [-0.39, 0.29) is 16.0 Å². The molecule has 0 aliphatic carbocycles. The number of rotatable bonds is 7. The van der Waals surface area contributed by atoms with Gasteiger partial charge in [0.05, 0.1) is 20.1 Å². The third kappa shape index (κ3) is 5.17. The highest BCUT2D eigenvalue weighted by molar-refractivity contribution is 6.51. The molecule has 1 rings (SSSR count). The van der Waals surface area contributed by atoms with Gasteiger partial charge in [-0.25, -0.2) is 0 Å². The Labute approximate surface area is 150 Å². The Bertz CT molecular complexity index is 561. The second-order valence-electron chi connectivity index (χ2n) is 5.88. The van der Waals surface area contributed by atoms with Gasteiger partial charge in [-0.15, -0.1) is 0 Å². The van der Waals surface area contributed by atoms with Gasteiger partial charge in [0.2, 0.25) is 0 Å². The van der Waals surface area contributed by atoms with Gasteiger partial charge in [0.15, 0.2) is 0 Å². The molecular formula is C15H19Cl4NO2. The van der Waals surface area contributed by atoms with Gasteiger partial charge < -0.3 is 10.8 Å². The molecule has 124 valence electrons. The van der Waals surface area contributed by atoms with Crippen LogP contribution in [0.5, 0.6) is 0 Å². The molecule has 2 unspecified atom stereocenters. The Kier molecular flexibility index (Phi) is 7.28. The second-order valence-corrected chi connectivity index (χ2v) is 7.42. The van der Waals surface area contributed by atoms with Crippen molar-refractivity contribution in [2.45, 2.75) is 45.1 Å². The number of benzene rings is 1. The number of carboxylic acid groups (broad SMARTS) is 1. The monoisotopic (exact) mass is 385 g/mol. The average molecular weight is 387 g/mol. The number of hydrogen-bond donors (Lipinski definition) is 2. The van der Waals surface area contributed by atoms with Gasteiger partial charge in [-0.2, -0.15) is 0 Å². The van der Waals surface area contributed by atoms with E-state index >= 15 is 0 Å². The SMILES string of the molecule is CC(CCCc1cc(Cl)c(Cl)c(Cl)c1Cl)CC(C)(N)C(=O)O. The van der Waals surface area contributed by atoms with Crippen molar-refractivity contribution >= 4 is 52.4 Å². The van der Waals surface area contributed by atoms with E-state index in [1.165, 1.54) is 6.92 Å². The van der Waals surface area contributed by atoms with Crippen LogP contribution < -0.4 is 5.73 Å². The summed E-state index contributed by atoms with van der Waals surface area (Å²) >= 11 is 24.1. The minimum atomic E-state index is -1.20. The zero-order valence-corrected chi connectivity index (χ0v) is 15.5. The normalized spacial score (nSPS) is 15.4. The molecule has 1 aromatic carbocycles. The highest BCUT2D eigenvalue weighted by atomic mass is 35.5. The molecule has 0 aliphatic heterocycles. The van der Waals surface area contributed by atoms with Crippen molar-refractivity contribution in [3.63, 3.8) is 0 Å². The Morgan fingerprint density at radius 1 is 1.27 bits per heavy atom. The van der Waals surface area contributed by atoms with Crippen molar-refractivity contribution in [3.05, 3.63) is 31.7 Å². The first-order valence-corrected chi connectivity index (χ1v) is 8.41. The molecule has 22 heavy (non-hydrogen) atoms. The van der Waals surface area contributed by atoms with Crippen molar-refractivity contribution in [2.24, 2.45) is 11.7 Å². The Balaban J connectivity index is 2.60. The van der Waals surface area contributed by atoms with Gasteiger partial charge in [-0.05, 0) is 43.7 Å².